The van der Waals surface area contributed by atoms with Crippen molar-refractivity contribution in [1.82, 2.24) is 19.9 Å². The van der Waals surface area contributed by atoms with E-state index in [4.69, 9.17) is 15.0 Å². The Morgan fingerprint density at radius 2 is 0.909 bits per heavy atom. The molecule has 4 nitrogen and oxygen atoms in total. The van der Waals surface area contributed by atoms with Gasteiger partial charge in [-0.1, -0.05) is 133 Å². The van der Waals surface area contributed by atoms with Gasteiger partial charge in [-0.05, 0) is 45.7 Å². The third-order valence-corrected chi connectivity index (χ3v) is 8.00. The molecule has 8 aromatic rings. The molecule has 44 heavy (non-hydrogen) atoms. The number of fused-ring (bicyclic) bond motifs is 2. The molecular weight excluding hydrogens is 536 g/mol. The van der Waals surface area contributed by atoms with Crippen LogP contribution in [0.25, 0.3) is 78.1 Å². The molecule has 0 amide bonds. The summed E-state index contributed by atoms with van der Waals surface area (Å²) in [6.45, 7) is 0. The number of hydrogen-bond donors (Lipinski definition) is 0. The van der Waals surface area contributed by atoms with Crippen molar-refractivity contribution < 1.29 is 0 Å². The zero-order valence-electron chi connectivity index (χ0n) is 23.8. The highest BCUT2D eigenvalue weighted by molar-refractivity contribution is 6.04. The normalized spacial score (nSPS) is 11.2. The van der Waals surface area contributed by atoms with Crippen molar-refractivity contribution in [2.45, 2.75) is 0 Å². The fraction of sp³-hybridized carbons (Fsp3) is 0. The lowest BCUT2D eigenvalue weighted by Gasteiger charge is -2.15. The second kappa shape index (κ2) is 11.0. The fourth-order valence-electron chi connectivity index (χ4n) is 5.86. The smallest absolute Gasteiger partial charge is 0.164 e. The summed E-state index contributed by atoms with van der Waals surface area (Å²) < 4.78 is 0. The number of rotatable bonds is 5. The Morgan fingerprint density at radius 3 is 1.61 bits per heavy atom. The van der Waals surface area contributed by atoms with Gasteiger partial charge < -0.3 is 0 Å². The molecule has 0 unspecified atom stereocenters. The molecule has 2 heterocycles. The molecule has 0 radical (unpaired) electrons. The van der Waals surface area contributed by atoms with E-state index in [0.29, 0.717) is 17.5 Å². The lowest BCUT2D eigenvalue weighted by Crippen LogP contribution is -2.01. The van der Waals surface area contributed by atoms with Crippen molar-refractivity contribution in [3.63, 3.8) is 0 Å². The van der Waals surface area contributed by atoms with Gasteiger partial charge in [-0.3, -0.25) is 4.98 Å². The van der Waals surface area contributed by atoms with Crippen molar-refractivity contribution >= 4 is 21.7 Å². The first kappa shape index (κ1) is 25.7. The first-order valence-corrected chi connectivity index (χ1v) is 14.7. The number of benzene rings is 6. The summed E-state index contributed by atoms with van der Waals surface area (Å²) in [6, 6.07) is 52.1. The highest BCUT2D eigenvalue weighted by atomic mass is 15.0. The Hall–Kier alpha value is -6.00. The molecule has 2 aromatic heterocycles. The molecular formula is C40H26N4. The van der Waals surface area contributed by atoms with Crippen LogP contribution in [0.2, 0.25) is 0 Å². The number of hydrogen-bond acceptors (Lipinski definition) is 4. The lowest BCUT2D eigenvalue weighted by atomic mass is 9.91. The summed E-state index contributed by atoms with van der Waals surface area (Å²) >= 11 is 0. The van der Waals surface area contributed by atoms with E-state index in [0.717, 1.165) is 60.6 Å². The SMILES string of the molecule is c1ccc(-c2nc(-c3ccccc3)nc(-c3ccc4ccccc4c3-c3ccc(-c4ccnc5ccccc45)cc3)n2)cc1. The first-order chi connectivity index (χ1) is 21.8. The standard InChI is InChI=1S/C40H26N4/c1-3-12-30(13-4-1)38-42-39(31-14-5-2-6-15-31)44-40(43-38)35-24-23-27-11-7-8-16-33(27)37(35)29-21-19-28(20-22-29)32-25-26-41-36-18-10-9-17-34(32)36/h1-26H. The monoisotopic (exact) mass is 562 g/mol. The summed E-state index contributed by atoms with van der Waals surface area (Å²) in [5.74, 6) is 1.93. The number of aromatic nitrogens is 4. The zero-order chi connectivity index (χ0) is 29.3. The molecule has 0 aliphatic carbocycles. The van der Waals surface area contributed by atoms with Crippen LogP contribution in [0.15, 0.2) is 158 Å². The van der Waals surface area contributed by atoms with Gasteiger partial charge in [0.25, 0.3) is 0 Å². The van der Waals surface area contributed by atoms with Crippen LogP contribution < -0.4 is 0 Å². The Kier molecular flexibility index (Phi) is 6.43. The molecule has 0 fully saturated rings. The van der Waals surface area contributed by atoms with Crippen LogP contribution in [-0.2, 0) is 0 Å². The first-order valence-electron chi connectivity index (χ1n) is 14.7. The number of para-hydroxylation sites is 1. The third kappa shape index (κ3) is 4.69. The average Bonchev–Trinajstić information content (AvgIpc) is 3.11. The molecule has 0 saturated carbocycles. The van der Waals surface area contributed by atoms with Crippen LogP contribution in [0.4, 0.5) is 0 Å². The van der Waals surface area contributed by atoms with E-state index in [-0.39, 0.29) is 0 Å². The largest absolute Gasteiger partial charge is 0.256 e. The molecule has 206 valence electrons. The van der Waals surface area contributed by atoms with Gasteiger partial charge in [0.15, 0.2) is 17.5 Å². The summed E-state index contributed by atoms with van der Waals surface area (Å²) in [5, 5.41) is 3.45. The highest BCUT2D eigenvalue weighted by Gasteiger charge is 2.18. The van der Waals surface area contributed by atoms with Crippen LogP contribution >= 0.6 is 0 Å². The predicted octanol–water partition coefficient (Wildman–Crippen LogP) is 9.91. The van der Waals surface area contributed by atoms with Gasteiger partial charge in [0.1, 0.15) is 0 Å². The van der Waals surface area contributed by atoms with Crippen LogP contribution in [0, 0.1) is 0 Å². The second-order valence-corrected chi connectivity index (χ2v) is 10.7. The van der Waals surface area contributed by atoms with Gasteiger partial charge in [0, 0.05) is 33.8 Å². The molecule has 4 heteroatoms. The molecule has 0 saturated heterocycles. The highest BCUT2D eigenvalue weighted by Crippen LogP contribution is 2.39. The van der Waals surface area contributed by atoms with Crippen LogP contribution in [0.3, 0.4) is 0 Å². The van der Waals surface area contributed by atoms with Crippen molar-refractivity contribution in [3.05, 3.63) is 158 Å². The maximum Gasteiger partial charge on any atom is 0.164 e. The summed E-state index contributed by atoms with van der Waals surface area (Å²) in [7, 11) is 0. The number of nitrogens with zero attached hydrogens (tertiary/aromatic N) is 4. The van der Waals surface area contributed by atoms with Crippen molar-refractivity contribution in [2.24, 2.45) is 0 Å². The van der Waals surface area contributed by atoms with Gasteiger partial charge in [0.05, 0.1) is 5.52 Å². The summed E-state index contributed by atoms with van der Waals surface area (Å²) in [4.78, 5) is 19.6. The quantitative estimate of drug-likeness (QED) is 0.209. The molecule has 8 rings (SSSR count). The van der Waals surface area contributed by atoms with Gasteiger partial charge in [0.2, 0.25) is 0 Å². The lowest BCUT2D eigenvalue weighted by molar-refractivity contribution is 1.07. The molecule has 0 N–H and O–H groups in total. The van der Waals surface area contributed by atoms with Crippen LogP contribution in [0.1, 0.15) is 0 Å². The predicted molar refractivity (Wildman–Crippen MR) is 180 cm³/mol. The van der Waals surface area contributed by atoms with Crippen LogP contribution in [0.5, 0.6) is 0 Å². The second-order valence-electron chi connectivity index (χ2n) is 10.7. The van der Waals surface area contributed by atoms with Gasteiger partial charge in [-0.25, -0.2) is 15.0 Å². The maximum atomic E-state index is 5.06. The van der Waals surface area contributed by atoms with Crippen molar-refractivity contribution in [1.29, 1.82) is 0 Å². The summed E-state index contributed by atoms with van der Waals surface area (Å²) in [5.41, 5.74) is 8.35. The molecule has 0 aliphatic rings. The van der Waals surface area contributed by atoms with Gasteiger partial charge >= 0.3 is 0 Å². The molecule has 6 aromatic carbocycles. The summed E-state index contributed by atoms with van der Waals surface area (Å²) in [6.07, 6.45) is 1.88. The Labute approximate surface area is 255 Å². The molecule has 0 atom stereocenters. The average molecular weight is 563 g/mol. The van der Waals surface area contributed by atoms with E-state index in [9.17, 15) is 0 Å². The fourth-order valence-corrected chi connectivity index (χ4v) is 5.86. The van der Waals surface area contributed by atoms with E-state index in [1.54, 1.807) is 0 Å². The topological polar surface area (TPSA) is 51.6 Å². The Bertz CT molecular complexity index is 2200. The molecule has 0 aliphatic heterocycles. The van der Waals surface area contributed by atoms with Crippen molar-refractivity contribution in [2.75, 3.05) is 0 Å². The molecule has 0 bridgehead atoms. The van der Waals surface area contributed by atoms with Crippen molar-refractivity contribution in [3.8, 4) is 56.4 Å². The van der Waals surface area contributed by atoms with E-state index in [1.807, 2.05) is 72.9 Å². The van der Waals surface area contributed by atoms with Gasteiger partial charge in [-0.15, -0.1) is 0 Å². The van der Waals surface area contributed by atoms with E-state index in [2.05, 4.69) is 89.9 Å². The van der Waals surface area contributed by atoms with E-state index < -0.39 is 0 Å². The van der Waals surface area contributed by atoms with Gasteiger partial charge in [-0.2, -0.15) is 0 Å². The minimum absolute atomic E-state index is 0.641. The zero-order valence-corrected chi connectivity index (χ0v) is 23.8. The van der Waals surface area contributed by atoms with E-state index >= 15 is 0 Å². The molecule has 0 spiro atoms. The van der Waals surface area contributed by atoms with Crippen LogP contribution in [-0.4, -0.2) is 19.9 Å². The minimum Gasteiger partial charge on any atom is -0.256 e. The Morgan fingerprint density at radius 1 is 0.341 bits per heavy atom. The maximum absolute atomic E-state index is 5.06. The van der Waals surface area contributed by atoms with E-state index in [1.165, 1.54) is 0 Å². The Balaban J connectivity index is 1.33. The minimum atomic E-state index is 0.641. The third-order valence-electron chi connectivity index (χ3n) is 8.00. The number of pyridine rings is 1.